The molecule has 168 valence electrons. The maximum atomic E-state index is 13.5. The number of hydrogen-bond acceptors (Lipinski definition) is 6. The summed E-state index contributed by atoms with van der Waals surface area (Å²) in [7, 11) is 0. The molecule has 1 fully saturated rings. The number of aromatic nitrogens is 1. The topological polar surface area (TPSA) is 72.0 Å². The number of benzene rings is 1. The minimum absolute atomic E-state index is 0.0370. The van der Waals surface area contributed by atoms with E-state index in [0.717, 1.165) is 12.2 Å². The summed E-state index contributed by atoms with van der Waals surface area (Å²) in [5, 5.41) is 0. The number of morpholine rings is 1. The first-order valence-electron chi connectivity index (χ1n) is 11.1. The standard InChI is InChI=1S/C25H29N3O4/c1-4-13-31-21-10-8-19(9-11-21)22-23(27-14-17(2)32-18(3)15-27)25(30)28(24(22)29)16-20-7-5-6-12-26-20/h5-12,17-18H,4,13-16H2,1-3H3. The number of ether oxygens (including phenoxy) is 2. The van der Waals surface area contributed by atoms with Crippen LogP contribution < -0.4 is 4.74 Å². The third-order valence-corrected chi connectivity index (χ3v) is 5.54. The lowest BCUT2D eigenvalue weighted by Crippen LogP contribution is -2.46. The van der Waals surface area contributed by atoms with Gasteiger partial charge < -0.3 is 14.4 Å². The monoisotopic (exact) mass is 435 g/mol. The molecule has 0 aliphatic carbocycles. The van der Waals surface area contributed by atoms with Crippen molar-refractivity contribution in [2.45, 2.75) is 45.9 Å². The van der Waals surface area contributed by atoms with Crippen LogP contribution in [0.15, 0.2) is 54.4 Å². The molecule has 7 heteroatoms. The molecule has 2 aliphatic rings. The highest BCUT2D eigenvalue weighted by molar-refractivity contribution is 6.35. The van der Waals surface area contributed by atoms with Gasteiger partial charge in [-0.1, -0.05) is 25.1 Å². The molecule has 1 saturated heterocycles. The summed E-state index contributed by atoms with van der Waals surface area (Å²) in [6, 6.07) is 12.9. The second-order valence-corrected chi connectivity index (χ2v) is 8.28. The molecule has 2 unspecified atom stereocenters. The average Bonchev–Trinajstić information content (AvgIpc) is 3.03. The molecular weight excluding hydrogens is 406 g/mol. The summed E-state index contributed by atoms with van der Waals surface area (Å²) in [5.41, 5.74) is 2.24. The second kappa shape index (κ2) is 9.53. The van der Waals surface area contributed by atoms with E-state index in [4.69, 9.17) is 9.47 Å². The second-order valence-electron chi connectivity index (χ2n) is 8.28. The van der Waals surface area contributed by atoms with Gasteiger partial charge in [-0.3, -0.25) is 19.5 Å². The average molecular weight is 436 g/mol. The van der Waals surface area contributed by atoms with E-state index < -0.39 is 0 Å². The number of nitrogens with zero attached hydrogens (tertiary/aromatic N) is 3. The van der Waals surface area contributed by atoms with Gasteiger partial charge in [0, 0.05) is 19.3 Å². The number of carbonyl (C=O) groups is 2. The van der Waals surface area contributed by atoms with Gasteiger partial charge >= 0.3 is 0 Å². The van der Waals surface area contributed by atoms with E-state index in [1.165, 1.54) is 4.90 Å². The Balaban J connectivity index is 1.70. The first-order valence-corrected chi connectivity index (χ1v) is 11.1. The molecule has 0 bridgehead atoms. The predicted octanol–water partition coefficient (Wildman–Crippen LogP) is 3.26. The molecule has 0 spiro atoms. The van der Waals surface area contributed by atoms with Crippen molar-refractivity contribution in [3.8, 4) is 5.75 Å². The molecule has 2 aromatic rings. The highest BCUT2D eigenvalue weighted by Gasteiger charge is 2.43. The van der Waals surface area contributed by atoms with Crippen LogP contribution in [0.2, 0.25) is 0 Å². The van der Waals surface area contributed by atoms with Crippen LogP contribution in [0.3, 0.4) is 0 Å². The number of carbonyl (C=O) groups excluding carboxylic acids is 2. The van der Waals surface area contributed by atoms with Crippen LogP contribution in [-0.2, 0) is 20.9 Å². The zero-order chi connectivity index (χ0) is 22.7. The number of imide groups is 1. The minimum Gasteiger partial charge on any atom is -0.494 e. The van der Waals surface area contributed by atoms with Crippen LogP contribution in [0.25, 0.3) is 5.57 Å². The van der Waals surface area contributed by atoms with Crippen molar-refractivity contribution >= 4 is 17.4 Å². The lowest BCUT2D eigenvalue weighted by atomic mass is 10.0. The molecule has 3 heterocycles. The lowest BCUT2D eigenvalue weighted by Gasteiger charge is -2.37. The molecule has 7 nitrogen and oxygen atoms in total. The van der Waals surface area contributed by atoms with Crippen molar-refractivity contribution in [3.63, 3.8) is 0 Å². The van der Waals surface area contributed by atoms with Crippen molar-refractivity contribution in [3.05, 3.63) is 65.6 Å². The Morgan fingerprint density at radius 3 is 2.38 bits per heavy atom. The van der Waals surface area contributed by atoms with E-state index in [0.29, 0.717) is 42.2 Å². The zero-order valence-corrected chi connectivity index (χ0v) is 18.8. The molecule has 4 rings (SSSR count). The fourth-order valence-electron chi connectivity index (χ4n) is 4.21. The van der Waals surface area contributed by atoms with Gasteiger partial charge in [0.1, 0.15) is 11.4 Å². The van der Waals surface area contributed by atoms with Gasteiger partial charge in [0.05, 0.1) is 36.6 Å². The fourth-order valence-corrected chi connectivity index (χ4v) is 4.21. The lowest BCUT2D eigenvalue weighted by molar-refractivity contribution is -0.139. The molecule has 0 N–H and O–H groups in total. The Morgan fingerprint density at radius 2 is 1.75 bits per heavy atom. The highest BCUT2D eigenvalue weighted by atomic mass is 16.5. The summed E-state index contributed by atoms with van der Waals surface area (Å²) in [6.45, 7) is 7.89. The van der Waals surface area contributed by atoms with Gasteiger partial charge in [-0.05, 0) is 50.1 Å². The molecule has 32 heavy (non-hydrogen) atoms. The van der Waals surface area contributed by atoms with Gasteiger partial charge in [-0.15, -0.1) is 0 Å². The molecule has 1 aromatic heterocycles. The SMILES string of the molecule is CCCOc1ccc(C2=C(N3CC(C)OC(C)C3)C(=O)N(Cc3ccccn3)C2=O)cc1. The predicted molar refractivity (Wildman–Crippen MR) is 121 cm³/mol. The summed E-state index contributed by atoms with van der Waals surface area (Å²) < 4.78 is 11.5. The van der Waals surface area contributed by atoms with E-state index >= 15 is 0 Å². The van der Waals surface area contributed by atoms with E-state index in [1.54, 1.807) is 6.20 Å². The van der Waals surface area contributed by atoms with Crippen LogP contribution in [0.4, 0.5) is 0 Å². The first kappa shape index (κ1) is 22.0. The van der Waals surface area contributed by atoms with Crippen molar-refractivity contribution < 1.29 is 19.1 Å². The van der Waals surface area contributed by atoms with Crippen molar-refractivity contribution in [1.29, 1.82) is 0 Å². The first-order chi connectivity index (χ1) is 15.5. The van der Waals surface area contributed by atoms with E-state index in [1.807, 2.05) is 61.2 Å². The summed E-state index contributed by atoms with van der Waals surface area (Å²) in [6.07, 6.45) is 2.51. The van der Waals surface area contributed by atoms with Crippen LogP contribution in [0.5, 0.6) is 5.75 Å². The summed E-state index contributed by atoms with van der Waals surface area (Å²) >= 11 is 0. The largest absolute Gasteiger partial charge is 0.494 e. The maximum absolute atomic E-state index is 13.5. The number of rotatable bonds is 7. The van der Waals surface area contributed by atoms with Crippen molar-refractivity contribution in [1.82, 2.24) is 14.8 Å². The Kier molecular flexibility index (Phi) is 6.55. The Morgan fingerprint density at radius 1 is 1.03 bits per heavy atom. The summed E-state index contributed by atoms with van der Waals surface area (Å²) in [4.78, 5) is 34.6. The molecule has 0 radical (unpaired) electrons. The van der Waals surface area contributed by atoms with Crippen molar-refractivity contribution in [2.75, 3.05) is 19.7 Å². The van der Waals surface area contributed by atoms with Crippen molar-refractivity contribution in [2.24, 2.45) is 0 Å². The van der Waals surface area contributed by atoms with Gasteiger partial charge in [-0.25, -0.2) is 0 Å². The molecule has 1 aromatic carbocycles. The van der Waals surface area contributed by atoms with Crippen LogP contribution >= 0.6 is 0 Å². The third-order valence-electron chi connectivity index (χ3n) is 5.54. The normalized spacial score (nSPS) is 21.5. The van der Waals surface area contributed by atoms with E-state index in [2.05, 4.69) is 11.9 Å². The maximum Gasteiger partial charge on any atom is 0.278 e. The molecule has 2 aliphatic heterocycles. The smallest absolute Gasteiger partial charge is 0.278 e. The molecule has 0 saturated carbocycles. The minimum atomic E-state index is -0.301. The quantitative estimate of drug-likeness (QED) is 0.622. The Labute approximate surface area is 188 Å². The number of amides is 2. The van der Waals surface area contributed by atoms with Crippen LogP contribution in [-0.4, -0.2) is 58.5 Å². The van der Waals surface area contributed by atoms with E-state index in [-0.39, 0.29) is 30.6 Å². The molecule has 2 amide bonds. The number of pyridine rings is 1. The van der Waals surface area contributed by atoms with Crippen LogP contribution in [0, 0.1) is 0 Å². The van der Waals surface area contributed by atoms with Crippen LogP contribution in [0.1, 0.15) is 38.4 Å². The Hall–Kier alpha value is -3.19. The van der Waals surface area contributed by atoms with Gasteiger partial charge in [0.15, 0.2) is 0 Å². The fraction of sp³-hybridized carbons (Fsp3) is 0.400. The number of hydrogen-bond donors (Lipinski definition) is 0. The van der Waals surface area contributed by atoms with Gasteiger partial charge in [0.25, 0.3) is 11.8 Å². The highest BCUT2D eigenvalue weighted by Crippen LogP contribution is 2.34. The third kappa shape index (κ3) is 4.53. The van der Waals surface area contributed by atoms with Gasteiger partial charge in [0.2, 0.25) is 0 Å². The van der Waals surface area contributed by atoms with Gasteiger partial charge in [-0.2, -0.15) is 0 Å². The van der Waals surface area contributed by atoms with E-state index in [9.17, 15) is 9.59 Å². The molecule has 2 atom stereocenters. The summed E-state index contributed by atoms with van der Waals surface area (Å²) in [5.74, 6) is 0.154. The molecular formula is C25H29N3O4. The Bertz CT molecular complexity index is 994. The zero-order valence-electron chi connectivity index (χ0n) is 18.8.